The third-order valence-corrected chi connectivity index (χ3v) is 3.00. The van der Waals surface area contributed by atoms with Gasteiger partial charge in [-0.05, 0) is 30.5 Å². The first kappa shape index (κ1) is 14.0. The van der Waals surface area contributed by atoms with Crippen molar-refractivity contribution in [3.63, 3.8) is 0 Å². The summed E-state index contributed by atoms with van der Waals surface area (Å²) in [4.78, 5) is 37.7. The number of urea groups is 1. The van der Waals surface area contributed by atoms with Crippen molar-refractivity contribution >= 4 is 17.8 Å². The molecule has 1 aliphatic rings. The van der Waals surface area contributed by atoms with Gasteiger partial charge in [-0.2, -0.15) is 0 Å². The van der Waals surface area contributed by atoms with Crippen LogP contribution >= 0.6 is 0 Å². The molecule has 0 aromatic carbocycles. The fraction of sp³-hybridized carbons (Fsp3) is 0.385. The standard InChI is InChI=1S/C13H16N4O3/c18-11(2-1-10-12(19)17-13(20)16-10)15-8-5-9-3-6-14-7-4-9/h3-4,6-7,10H,1-2,5,8H2,(H,15,18)(H2,16,17,19,20)/t10-/m1/s1. The number of aromatic nitrogens is 1. The molecule has 7 nitrogen and oxygen atoms in total. The van der Waals surface area contributed by atoms with Crippen molar-refractivity contribution in [2.45, 2.75) is 25.3 Å². The van der Waals surface area contributed by atoms with Gasteiger partial charge in [0.2, 0.25) is 5.91 Å². The Labute approximate surface area is 116 Å². The summed E-state index contributed by atoms with van der Waals surface area (Å²) in [5.74, 6) is -0.507. The Balaban J connectivity index is 1.63. The minimum atomic E-state index is -0.603. The third kappa shape index (κ3) is 4.04. The van der Waals surface area contributed by atoms with Crippen molar-refractivity contribution in [1.82, 2.24) is 20.9 Å². The van der Waals surface area contributed by atoms with Crippen LogP contribution < -0.4 is 16.0 Å². The van der Waals surface area contributed by atoms with E-state index in [-0.39, 0.29) is 18.2 Å². The zero-order chi connectivity index (χ0) is 14.4. The van der Waals surface area contributed by atoms with Gasteiger partial charge < -0.3 is 10.6 Å². The van der Waals surface area contributed by atoms with Gasteiger partial charge >= 0.3 is 6.03 Å². The van der Waals surface area contributed by atoms with Gasteiger partial charge in [-0.25, -0.2) is 4.79 Å². The third-order valence-electron chi connectivity index (χ3n) is 3.00. The topological polar surface area (TPSA) is 100 Å². The van der Waals surface area contributed by atoms with Crippen molar-refractivity contribution in [3.8, 4) is 0 Å². The average Bonchev–Trinajstić information content (AvgIpc) is 2.76. The highest BCUT2D eigenvalue weighted by molar-refractivity contribution is 6.04. The Kier molecular flexibility index (Phi) is 4.65. The maximum Gasteiger partial charge on any atom is 0.322 e. The number of imide groups is 1. The van der Waals surface area contributed by atoms with Crippen molar-refractivity contribution in [2.24, 2.45) is 0 Å². The van der Waals surface area contributed by atoms with Gasteiger partial charge in [-0.3, -0.25) is 19.9 Å². The minimum absolute atomic E-state index is 0.131. The molecule has 2 rings (SSSR count). The number of nitrogens with zero attached hydrogens (tertiary/aromatic N) is 1. The lowest BCUT2D eigenvalue weighted by atomic mass is 10.1. The van der Waals surface area contributed by atoms with Crippen LogP contribution in [0.5, 0.6) is 0 Å². The van der Waals surface area contributed by atoms with Gasteiger partial charge in [0.15, 0.2) is 0 Å². The highest BCUT2D eigenvalue weighted by Gasteiger charge is 2.29. The fourth-order valence-corrected chi connectivity index (χ4v) is 1.92. The lowest BCUT2D eigenvalue weighted by Crippen LogP contribution is -2.32. The van der Waals surface area contributed by atoms with Gasteiger partial charge in [0.05, 0.1) is 0 Å². The Hall–Kier alpha value is -2.44. The van der Waals surface area contributed by atoms with Crippen LogP contribution in [-0.4, -0.2) is 35.4 Å². The van der Waals surface area contributed by atoms with E-state index in [2.05, 4.69) is 20.9 Å². The summed E-state index contributed by atoms with van der Waals surface area (Å²) in [6.45, 7) is 0.534. The molecule has 0 radical (unpaired) electrons. The summed E-state index contributed by atoms with van der Waals surface area (Å²) in [5, 5.41) is 7.36. The lowest BCUT2D eigenvalue weighted by molar-refractivity contribution is -0.122. The van der Waals surface area contributed by atoms with Crippen LogP contribution in [0, 0.1) is 0 Å². The maximum atomic E-state index is 11.6. The van der Waals surface area contributed by atoms with E-state index in [1.54, 1.807) is 12.4 Å². The number of nitrogens with one attached hydrogen (secondary N) is 3. The first-order valence-electron chi connectivity index (χ1n) is 6.42. The number of hydrogen-bond acceptors (Lipinski definition) is 4. The minimum Gasteiger partial charge on any atom is -0.356 e. The molecule has 1 aromatic rings. The molecule has 1 saturated heterocycles. The van der Waals surface area contributed by atoms with E-state index in [4.69, 9.17) is 0 Å². The molecule has 0 unspecified atom stereocenters. The van der Waals surface area contributed by atoms with E-state index >= 15 is 0 Å². The van der Waals surface area contributed by atoms with Crippen LogP contribution in [0.3, 0.4) is 0 Å². The Morgan fingerprint density at radius 3 is 2.70 bits per heavy atom. The van der Waals surface area contributed by atoms with Gasteiger partial charge in [0, 0.05) is 25.4 Å². The number of pyridine rings is 1. The zero-order valence-corrected chi connectivity index (χ0v) is 10.9. The number of carbonyl (C=O) groups is 3. The number of amides is 4. The molecule has 4 amide bonds. The quantitative estimate of drug-likeness (QED) is 0.623. The van der Waals surface area contributed by atoms with Crippen molar-refractivity contribution in [1.29, 1.82) is 0 Å². The van der Waals surface area contributed by atoms with Crippen LogP contribution in [0.1, 0.15) is 18.4 Å². The second-order valence-corrected chi connectivity index (χ2v) is 4.51. The summed E-state index contributed by atoms with van der Waals surface area (Å²) in [5.41, 5.74) is 1.10. The van der Waals surface area contributed by atoms with E-state index in [1.807, 2.05) is 12.1 Å². The molecule has 1 aromatic heterocycles. The summed E-state index contributed by atoms with van der Waals surface area (Å²) >= 11 is 0. The number of hydrogen-bond donors (Lipinski definition) is 3. The van der Waals surface area contributed by atoms with Gasteiger partial charge in [0.1, 0.15) is 6.04 Å². The van der Waals surface area contributed by atoms with E-state index < -0.39 is 12.1 Å². The monoisotopic (exact) mass is 276 g/mol. The molecule has 1 aliphatic heterocycles. The molecule has 0 bridgehead atoms. The molecular weight excluding hydrogens is 260 g/mol. The number of carbonyl (C=O) groups excluding carboxylic acids is 3. The Morgan fingerprint density at radius 2 is 2.05 bits per heavy atom. The molecule has 106 valence electrons. The van der Waals surface area contributed by atoms with Crippen LogP contribution in [0.15, 0.2) is 24.5 Å². The molecule has 20 heavy (non-hydrogen) atoms. The zero-order valence-electron chi connectivity index (χ0n) is 10.9. The predicted molar refractivity (Wildman–Crippen MR) is 70.6 cm³/mol. The highest BCUT2D eigenvalue weighted by Crippen LogP contribution is 2.02. The largest absolute Gasteiger partial charge is 0.356 e. The SMILES string of the molecule is O=C(CC[C@H]1NC(=O)NC1=O)NCCc1ccncc1. The molecule has 0 saturated carbocycles. The second kappa shape index (κ2) is 6.65. The summed E-state index contributed by atoms with van der Waals surface area (Å²) in [6.07, 6.45) is 4.65. The first-order chi connectivity index (χ1) is 9.65. The molecule has 3 N–H and O–H groups in total. The summed E-state index contributed by atoms with van der Waals surface area (Å²) in [7, 11) is 0. The van der Waals surface area contributed by atoms with Crippen LogP contribution in [-0.2, 0) is 16.0 Å². The highest BCUT2D eigenvalue weighted by atomic mass is 16.2. The van der Waals surface area contributed by atoms with Gasteiger partial charge in [0.25, 0.3) is 5.91 Å². The molecule has 0 spiro atoms. The van der Waals surface area contributed by atoms with E-state index in [0.29, 0.717) is 13.0 Å². The molecule has 7 heteroatoms. The summed E-state index contributed by atoms with van der Waals surface area (Å²) < 4.78 is 0. The fourth-order valence-electron chi connectivity index (χ4n) is 1.92. The van der Waals surface area contributed by atoms with E-state index in [0.717, 1.165) is 12.0 Å². The predicted octanol–water partition coefficient (Wildman–Crippen LogP) is -0.271. The maximum absolute atomic E-state index is 11.6. The van der Waals surface area contributed by atoms with E-state index in [9.17, 15) is 14.4 Å². The lowest BCUT2D eigenvalue weighted by Gasteiger charge is -2.08. The molecule has 0 aliphatic carbocycles. The second-order valence-electron chi connectivity index (χ2n) is 4.51. The van der Waals surface area contributed by atoms with Crippen LogP contribution in [0.25, 0.3) is 0 Å². The molecule has 1 fully saturated rings. The van der Waals surface area contributed by atoms with Crippen LogP contribution in [0.4, 0.5) is 4.79 Å². The number of rotatable bonds is 6. The Bertz CT molecular complexity index is 504. The molecule has 2 heterocycles. The molecular formula is C13H16N4O3. The first-order valence-corrected chi connectivity index (χ1v) is 6.42. The van der Waals surface area contributed by atoms with Crippen molar-refractivity contribution < 1.29 is 14.4 Å². The molecule has 1 atom stereocenters. The van der Waals surface area contributed by atoms with Gasteiger partial charge in [-0.1, -0.05) is 0 Å². The van der Waals surface area contributed by atoms with Crippen molar-refractivity contribution in [2.75, 3.05) is 6.54 Å². The van der Waals surface area contributed by atoms with E-state index in [1.165, 1.54) is 0 Å². The van der Waals surface area contributed by atoms with Crippen LogP contribution in [0.2, 0.25) is 0 Å². The average molecular weight is 276 g/mol. The van der Waals surface area contributed by atoms with Gasteiger partial charge in [-0.15, -0.1) is 0 Å². The smallest absolute Gasteiger partial charge is 0.322 e. The normalized spacial score (nSPS) is 17.5. The summed E-state index contributed by atoms with van der Waals surface area (Å²) in [6, 6.07) is 2.68. The Morgan fingerprint density at radius 1 is 1.30 bits per heavy atom. The van der Waals surface area contributed by atoms with Crippen molar-refractivity contribution in [3.05, 3.63) is 30.1 Å².